The van der Waals surface area contributed by atoms with E-state index in [1.165, 1.54) is 0 Å². The van der Waals surface area contributed by atoms with E-state index in [9.17, 15) is 9.90 Å². The van der Waals surface area contributed by atoms with E-state index in [0.717, 1.165) is 54.8 Å². The number of pyridine rings is 1. The molecule has 5 rings (SSSR count). The van der Waals surface area contributed by atoms with E-state index in [1.807, 2.05) is 24.3 Å². The normalized spacial score (nSPS) is 21.1. The Bertz CT molecular complexity index is 1210. The summed E-state index contributed by atoms with van der Waals surface area (Å²) in [6, 6.07) is 14.0. The van der Waals surface area contributed by atoms with Gasteiger partial charge in [0.2, 0.25) is 0 Å². The van der Waals surface area contributed by atoms with Crippen LogP contribution in [0.4, 0.5) is 5.82 Å². The molecule has 180 valence electrons. The Balaban J connectivity index is 0.000000868. The van der Waals surface area contributed by atoms with Gasteiger partial charge in [-0.3, -0.25) is 9.59 Å². The van der Waals surface area contributed by atoms with Gasteiger partial charge in [-0.25, -0.2) is 9.97 Å². The Labute approximate surface area is 198 Å². The summed E-state index contributed by atoms with van der Waals surface area (Å²) in [7, 11) is 0. The SMILES string of the molecule is CC(C)CC[C@H]1[C@H]2C[C@H](CN(c3nc(CO)nc4ccccc34)C2)c2cccc(=O)n21.O=CO. The van der Waals surface area contributed by atoms with Crippen molar-refractivity contribution >= 4 is 23.2 Å². The van der Waals surface area contributed by atoms with Crippen molar-refractivity contribution in [2.24, 2.45) is 11.8 Å². The smallest absolute Gasteiger partial charge is 0.290 e. The molecule has 0 saturated carbocycles. The van der Waals surface area contributed by atoms with E-state index >= 15 is 0 Å². The number of anilines is 1. The molecule has 2 aromatic heterocycles. The second-order valence-corrected chi connectivity index (χ2v) is 9.54. The minimum atomic E-state index is -0.250. The first-order chi connectivity index (χ1) is 16.5. The lowest BCUT2D eigenvalue weighted by molar-refractivity contribution is -0.122. The number of carboxylic acid groups (broad SMARTS) is 1. The predicted octanol–water partition coefficient (Wildman–Crippen LogP) is 3.59. The molecular formula is C26H32N4O4. The zero-order valence-corrected chi connectivity index (χ0v) is 19.7. The quantitative estimate of drug-likeness (QED) is 0.556. The van der Waals surface area contributed by atoms with Crippen molar-refractivity contribution in [3.8, 4) is 0 Å². The summed E-state index contributed by atoms with van der Waals surface area (Å²) in [5.41, 5.74) is 2.15. The number of fused-ring (bicyclic) bond motifs is 5. The van der Waals surface area contributed by atoms with Gasteiger partial charge in [-0.2, -0.15) is 0 Å². The minimum Gasteiger partial charge on any atom is -0.483 e. The molecule has 0 radical (unpaired) electrons. The third kappa shape index (κ3) is 4.68. The Morgan fingerprint density at radius 1 is 1.12 bits per heavy atom. The number of aliphatic hydroxyl groups excluding tert-OH is 1. The third-order valence-corrected chi connectivity index (χ3v) is 6.91. The molecular weight excluding hydrogens is 432 g/mol. The van der Waals surface area contributed by atoms with Crippen LogP contribution in [0.15, 0.2) is 47.3 Å². The zero-order chi connectivity index (χ0) is 24.2. The Kier molecular flexibility index (Phi) is 7.26. The van der Waals surface area contributed by atoms with Crippen molar-refractivity contribution in [2.75, 3.05) is 18.0 Å². The van der Waals surface area contributed by atoms with Crippen molar-refractivity contribution in [1.29, 1.82) is 0 Å². The summed E-state index contributed by atoms with van der Waals surface area (Å²) in [6.07, 6.45) is 3.24. The van der Waals surface area contributed by atoms with Crippen molar-refractivity contribution in [1.82, 2.24) is 14.5 Å². The van der Waals surface area contributed by atoms with Crippen LogP contribution >= 0.6 is 0 Å². The van der Waals surface area contributed by atoms with Gasteiger partial charge < -0.3 is 19.7 Å². The van der Waals surface area contributed by atoms with Gasteiger partial charge in [0.25, 0.3) is 12.0 Å². The monoisotopic (exact) mass is 464 g/mol. The van der Waals surface area contributed by atoms with Crippen LogP contribution in [0, 0.1) is 11.8 Å². The molecule has 0 amide bonds. The highest BCUT2D eigenvalue weighted by Crippen LogP contribution is 2.44. The number of hydrogen-bond acceptors (Lipinski definition) is 6. The second-order valence-electron chi connectivity index (χ2n) is 9.54. The van der Waals surface area contributed by atoms with Gasteiger partial charge in [-0.15, -0.1) is 0 Å². The molecule has 0 spiro atoms. The fourth-order valence-electron chi connectivity index (χ4n) is 5.51. The number of para-hydroxylation sites is 1. The Morgan fingerprint density at radius 2 is 1.88 bits per heavy atom. The number of aromatic nitrogens is 3. The van der Waals surface area contributed by atoms with Crippen LogP contribution < -0.4 is 10.5 Å². The summed E-state index contributed by atoms with van der Waals surface area (Å²) in [5, 5.41) is 17.6. The van der Waals surface area contributed by atoms with Crippen LogP contribution in [0.5, 0.6) is 0 Å². The summed E-state index contributed by atoms with van der Waals surface area (Å²) >= 11 is 0. The van der Waals surface area contributed by atoms with Gasteiger partial charge in [-0.1, -0.05) is 32.0 Å². The molecule has 2 aliphatic rings. The van der Waals surface area contributed by atoms with Crippen molar-refractivity contribution in [2.45, 2.75) is 51.7 Å². The van der Waals surface area contributed by atoms with Crippen LogP contribution in [0.25, 0.3) is 10.9 Å². The molecule has 1 aromatic carbocycles. The van der Waals surface area contributed by atoms with Crippen LogP contribution in [0.1, 0.15) is 56.6 Å². The molecule has 34 heavy (non-hydrogen) atoms. The number of rotatable bonds is 5. The number of nitrogens with zero attached hydrogens (tertiary/aromatic N) is 4. The first-order valence-corrected chi connectivity index (χ1v) is 11.9. The molecule has 1 saturated heterocycles. The number of piperidine rings is 1. The van der Waals surface area contributed by atoms with E-state index in [1.54, 1.807) is 6.07 Å². The molecule has 2 bridgehead atoms. The van der Waals surface area contributed by atoms with Gasteiger partial charge in [0, 0.05) is 42.2 Å². The molecule has 4 heterocycles. The second kappa shape index (κ2) is 10.3. The van der Waals surface area contributed by atoms with E-state index in [2.05, 4.69) is 40.4 Å². The van der Waals surface area contributed by atoms with E-state index < -0.39 is 0 Å². The standard InChI is InChI=1S/C25H30N4O2.CH2O2/c1-16(2)10-11-22-18-12-17(21-8-5-9-24(31)29(21)22)13-28(14-18)25-19-6-3-4-7-20(19)26-23(15-30)27-25;2-1-3/h3-9,16-18,22,30H,10-15H2,1-2H3;1H,(H,2,3)/t17-,18+,22+;/m1./s1. The predicted molar refractivity (Wildman–Crippen MR) is 131 cm³/mol. The van der Waals surface area contributed by atoms with E-state index in [-0.39, 0.29) is 24.7 Å². The van der Waals surface area contributed by atoms with Crippen LogP contribution in [0.2, 0.25) is 0 Å². The van der Waals surface area contributed by atoms with Gasteiger partial charge in [0.05, 0.1) is 5.52 Å². The fraction of sp³-hybridized carbons (Fsp3) is 0.462. The first kappa shape index (κ1) is 23.9. The lowest BCUT2D eigenvalue weighted by Gasteiger charge is -2.47. The highest BCUT2D eigenvalue weighted by Gasteiger charge is 2.41. The molecule has 2 aliphatic heterocycles. The highest BCUT2D eigenvalue weighted by atomic mass is 16.3. The average molecular weight is 465 g/mol. The molecule has 8 heteroatoms. The summed E-state index contributed by atoms with van der Waals surface area (Å²) < 4.78 is 2.09. The maximum Gasteiger partial charge on any atom is 0.290 e. The fourth-order valence-corrected chi connectivity index (χ4v) is 5.51. The van der Waals surface area contributed by atoms with Gasteiger partial charge in [0.15, 0.2) is 5.82 Å². The lowest BCUT2D eigenvalue weighted by atomic mass is 9.76. The van der Waals surface area contributed by atoms with Gasteiger partial charge in [0.1, 0.15) is 12.4 Å². The summed E-state index contributed by atoms with van der Waals surface area (Å²) in [5.74, 6) is 2.67. The summed E-state index contributed by atoms with van der Waals surface area (Å²) in [4.78, 5) is 32.8. The topological polar surface area (TPSA) is 109 Å². The van der Waals surface area contributed by atoms with E-state index in [4.69, 9.17) is 14.9 Å². The maximum absolute atomic E-state index is 12.9. The molecule has 3 aromatic rings. The molecule has 8 nitrogen and oxygen atoms in total. The number of hydrogen-bond donors (Lipinski definition) is 2. The minimum absolute atomic E-state index is 0.129. The molecule has 3 atom stereocenters. The molecule has 1 fully saturated rings. The molecule has 0 aliphatic carbocycles. The Morgan fingerprint density at radius 3 is 2.62 bits per heavy atom. The largest absolute Gasteiger partial charge is 0.483 e. The third-order valence-electron chi connectivity index (χ3n) is 6.91. The van der Waals surface area contributed by atoms with Crippen molar-refractivity contribution in [3.05, 3.63) is 64.3 Å². The lowest BCUT2D eigenvalue weighted by Crippen LogP contribution is -2.50. The van der Waals surface area contributed by atoms with Crippen LogP contribution in [0.3, 0.4) is 0 Å². The summed E-state index contributed by atoms with van der Waals surface area (Å²) in [6.45, 7) is 5.76. The van der Waals surface area contributed by atoms with Crippen molar-refractivity contribution < 1.29 is 15.0 Å². The van der Waals surface area contributed by atoms with Crippen LogP contribution in [-0.2, 0) is 11.4 Å². The maximum atomic E-state index is 12.9. The number of aliphatic hydroxyl groups is 1. The van der Waals surface area contributed by atoms with E-state index in [0.29, 0.717) is 23.6 Å². The number of carbonyl (C=O) groups is 1. The first-order valence-electron chi connectivity index (χ1n) is 11.9. The Hall–Kier alpha value is -3.26. The molecule has 2 N–H and O–H groups in total. The number of benzene rings is 1. The van der Waals surface area contributed by atoms with Crippen LogP contribution in [-0.4, -0.2) is 44.3 Å². The zero-order valence-electron chi connectivity index (χ0n) is 19.7. The molecule has 0 unspecified atom stereocenters. The average Bonchev–Trinajstić information content (AvgIpc) is 2.84. The van der Waals surface area contributed by atoms with Crippen molar-refractivity contribution in [3.63, 3.8) is 0 Å². The highest BCUT2D eigenvalue weighted by molar-refractivity contribution is 5.89. The van der Waals surface area contributed by atoms with Gasteiger partial charge >= 0.3 is 0 Å². The van der Waals surface area contributed by atoms with Gasteiger partial charge in [-0.05, 0) is 49.3 Å².